The molecule has 0 saturated carbocycles. The van der Waals surface area contributed by atoms with Crippen molar-refractivity contribution >= 4 is 53.9 Å². The van der Waals surface area contributed by atoms with E-state index >= 15 is 0 Å². The fourth-order valence-corrected chi connectivity index (χ4v) is 2.30. The Labute approximate surface area is 150 Å². The molecule has 2 atom stereocenters. The molecule has 2 unspecified atom stereocenters. The number of aliphatic hydroxyl groups excluding tert-OH is 1. The Morgan fingerprint density at radius 3 is 2.82 bits per heavy atom. The zero-order valence-corrected chi connectivity index (χ0v) is 14.6. The quantitative estimate of drug-likeness (QED) is 0.660. The number of halogens is 4. The predicted molar refractivity (Wildman–Crippen MR) is 89.7 cm³/mol. The second-order valence-electron chi connectivity index (χ2n) is 4.43. The van der Waals surface area contributed by atoms with Crippen LogP contribution >= 0.6 is 48.0 Å². The van der Waals surface area contributed by atoms with E-state index in [0.29, 0.717) is 29.6 Å². The number of carbonyl (C=O) groups is 1. The minimum absolute atomic E-state index is 0. The lowest BCUT2D eigenvalue weighted by Gasteiger charge is -2.11. The van der Waals surface area contributed by atoms with Crippen LogP contribution in [0.3, 0.4) is 0 Å². The summed E-state index contributed by atoms with van der Waals surface area (Å²) in [5.74, 6) is 0.125. The van der Waals surface area contributed by atoms with Crippen LogP contribution in [-0.2, 0) is 4.79 Å². The van der Waals surface area contributed by atoms with Crippen LogP contribution in [0.2, 0.25) is 10.0 Å². The SMILES string of the molecule is Cl.Cl.O=C(NCCOc1ncc(Cl)cc1Cl)C1CC(O)CN1. The molecule has 0 aliphatic carbocycles. The summed E-state index contributed by atoms with van der Waals surface area (Å²) in [5.41, 5.74) is 0. The summed E-state index contributed by atoms with van der Waals surface area (Å²) in [7, 11) is 0. The van der Waals surface area contributed by atoms with Crippen LogP contribution in [-0.4, -0.2) is 47.8 Å². The van der Waals surface area contributed by atoms with Crippen molar-refractivity contribution in [2.75, 3.05) is 19.7 Å². The Kier molecular flexibility index (Phi) is 10.1. The molecule has 3 N–H and O–H groups in total. The van der Waals surface area contributed by atoms with E-state index in [9.17, 15) is 9.90 Å². The van der Waals surface area contributed by atoms with Crippen LogP contribution in [0.5, 0.6) is 5.88 Å². The van der Waals surface area contributed by atoms with Gasteiger partial charge in [0.2, 0.25) is 11.8 Å². The summed E-state index contributed by atoms with van der Waals surface area (Å²) >= 11 is 11.6. The normalized spacial score (nSPS) is 19.8. The zero-order chi connectivity index (χ0) is 14.5. The number of hydrogen-bond acceptors (Lipinski definition) is 5. The second kappa shape index (κ2) is 10.3. The standard InChI is InChI=1S/C12H15Cl2N3O3.2ClH/c13-7-3-9(14)12(17-5-7)20-2-1-15-11(19)10-4-8(18)6-16-10;;/h3,5,8,10,16,18H,1-2,4,6H2,(H,15,19);2*1H. The Bertz CT molecular complexity index is 493. The zero-order valence-electron chi connectivity index (χ0n) is 11.4. The third-order valence-corrected chi connectivity index (χ3v) is 3.32. The molecule has 2 rings (SSSR count). The van der Waals surface area contributed by atoms with Crippen molar-refractivity contribution in [2.24, 2.45) is 0 Å². The fourth-order valence-electron chi connectivity index (χ4n) is 1.87. The Morgan fingerprint density at radius 2 is 2.23 bits per heavy atom. The third kappa shape index (κ3) is 6.32. The van der Waals surface area contributed by atoms with Crippen molar-refractivity contribution in [3.8, 4) is 5.88 Å². The summed E-state index contributed by atoms with van der Waals surface area (Å²) in [6, 6.07) is 1.19. The molecule has 0 aromatic carbocycles. The molecule has 1 aromatic rings. The van der Waals surface area contributed by atoms with Crippen LogP contribution in [0, 0.1) is 0 Å². The van der Waals surface area contributed by atoms with Gasteiger partial charge in [0, 0.05) is 12.7 Å². The molecular formula is C12H17Cl4N3O3. The number of β-amino-alcohol motifs (C(OH)–C–C–N with tert-alkyl or cyclic N) is 1. The highest BCUT2D eigenvalue weighted by molar-refractivity contribution is 6.35. The van der Waals surface area contributed by atoms with Crippen molar-refractivity contribution in [1.82, 2.24) is 15.6 Å². The van der Waals surface area contributed by atoms with E-state index in [4.69, 9.17) is 27.9 Å². The first-order valence-corrected chi connectivity index (χ1v) is 6.95. The van der Waals surface area contributed by atoms with Gasteiger partial charge in [-0.3, -0.25) is 4.79 Å². The Balaban J connectivity index is 0.00000220. The maximum atomic E-state index is 11.7. The van der Waals surface area contributed by atoms with E-state index in [1.807, 2.05) is 0 Å². The number of amides is 1. The van der Waals surface area contributed by atoms with Crippen molar-refractivity contribution < 1.29 is 14.6 Å². The van der Waals surface area contributed by atoms with E-state index in [0.717, 1.165) is 0 Å². The van der Waals surface area contributed by atoms with Crippen molar-refractivity contribution in [3.63, 3.8) is 0 Å². The van der Waals surface area contributed by atoms with E-state index in [2.05, 4.69) is 15.6 Å². The second-order valence-corrected chi connectivity index (χ2v) is 5.27. The summed E-state index contributed by atoms with van der Waals surface area (Å²) in [5, 5.41) is 15.7. The molecule has 0 bridgehead atoms. The highest BCUT2D eigenvalue weighted by atomic mass is 35.5. The molecule has 1 aromatic heterocycles. The van der Waals surface area contributed by atoms with Crippen LogP contribution < -0.4 is 15.4 Å². The van der Waals surface area contributed by atoms with Crippen molar-refractivity contribution in [1.29, 1.82) is 0 Å². The molecule has 6 nitrogen and oxygen atoms in total. The van der Waals surface area contributed by atoms with Gasteiger partial charge in [0.15, 0.2) is 0 Å². The number of hydrogen-bond donors (Lipinski definition) is 3. The van der Waals surface area contributed by atoms with E-state index in [1.54, 1.807) is 0 Å². The van der Waals surface area contributed by atoms with Crippen LogP contribution in [0.1, 0.15) is 6.42 Å². The maximum Gasteiger partial charge on any atom is 0.237 e. The lowest BCUT2D eigenvalue weighted by molar-refractivity contribution is -0.123. The average Bonchev–Trinajstić information content (AvgIpc) is 2.83. The molecule has 1 amide bonds. The smallest absolute Gasteiger partial charge is 0.237 e. The first-order valence-electron chi connectivity index (χ1n) is 6.19. The topological polar surface area (TPSA) is 83.5 Å². The van der Waals surface area contributed by atoms with Crippen molar-refractivity contribution in [2.45, 2.75) is 18.6 Å². The Hall–Kier alpha value is -0.500. The molecule has 10 heteroatoms. The minimum Gasteiger partial charge on any atom is -0.475 e. The fraction of sp³-hybridized carbons (Fsp3) is 0.500. The molecule has 0 spiro atoms. The minimum atomic E-state index is -0.459. The van der Waals surface area contributed by atoms with Gasteiger partial charge in [0.25, 0.3) is 0 Å². The maximum absolute atomic E-state index is 11.7. The van der Waals surface area contributed by atoms with Gasteiger partial charge in [-0.1, -0.05) is 23.2 Å². The summed E-state index contributed by atoms with van der Waals surface area (Å²) in [6.45, 7) is 1.02. The van der Waals surface area contributed by atoms with Gasteiger partial charge in [-0.2, -0.15) is 0 Å². The van der Waals surface area contributed by atoms with Crippen LogP contribution in [0.4, 0.5) is 0 Å². The lowest BCUT2D eigenvalue weighted by Crippen LogP contribution is -2.41. The molecule has 1 saturated heterocycles. The van der Waals surface area contributed by atoms with Gasteiger partial charge in [-0.05, 0) is 12.5 Å². The number of carbonyl (C=O) groups excluding carboxylic acids is 1. The number of nitrogens with zero attached hydrogens (tertiary/aromatic N) is 1. The van der Waals surface area contributed by atoms with Crippen LogP contribution in [0.15, 0.2) is 12.3 Å². The molecule has 22 heavy (non-hydrogen) atoms. The molecule has 0 radical (unpaired) electrons. The largest absolute Gasteiger partial charge is 0.475 e. The molecular weight excluding hydrogens is 376 g/mol. The molecule has 1 aliphatic rings. The van der Waals surface area contributed by atoms with Gasteiger partial charge in [0.05, 0.1) is 23.7 Å². The average molecular weight is 393 g/mol. The number of rotatable bonds is 5. The monoisotopic (exact) mass is 391 g/mol. The lowest BCUT2D eigenvalue weighted by atomic mass is 10.2. The number of aliphatic hydroxyl groups is 1. The van der Waals surface area contributed by atoms with Crippen molar-refractivity contribution in [3.05, 3.63) is 22.3 Å². The number of ether oxygens (including phenoxy) is 1. The first kappa shape index (κ1) is 21.5. The van der Waals surface area contributed by atoms with E-state index in [-0.39, 0.29) is 49.2 Å². The Morgan fingerprint density at radius 1 is 1.50 bits per heavy atom. The summed E-state index contributed by atoms with van der Waals surface area (Å²) in [4.78, 5) is 15.7. The first-order chi connectivity index (χ1) is 9.56. The molecule has 1 fully saturated rings. The number of aromatic nitrogens is 1. The summed E-state index contributed by atoms with van der Waals surface area (Å²) in [6.07, 6.45) is 1.40. The van der Waals surface area contributed by atoms with Gasteiger partial charge >= 0.3 is 0 Å². The third-order valence-electron chi connectivity index (χ3n) is 2.84. The van der Waals surface area contributed by atoms with Gasteiger partial charge in [-0.15, -0.1) is 24.8 Å². The predicted octanol–water partition coefficient (Wildman–Crippen LogP) is 1.45. The van der Waals surface area contributed by atoms with Gasteiger partial charge in [-0.25, -0.2) is 4.98 Å². The molecule has 1 aliphatic heterocycles. The van der Waals surface area contributed by atoms with Gasteiger partial charge < -0.3 is 20.5 Å². The number of pyridine rings is 1. The highest BCUT2D eigenvalue weighted by Crippen LogP contribution is 2.24. The highest BCUT2D eigenvalue weighted by Gasteiger charge is 2.27. The van der Waals surface area contributed by atoms with Crippen LogP contribution in [0.25, 0.3) is 0 Å². The molecule has 126 valence electrons. The summed E-state index contributed by atoms with van der Waals surface area (Å²) < 4.78 is 5.34. The molecule has 2 heterocycles. The van der Waals surface area contributed by atoms with E-state index < -0.39 is 6.10 Å². The van der Waals surface area contributed by atoms with Gasteiger partial charge in [0.1, 0.15) is 11.6 Å². The number of nitrogens with one attached hydrogen (secondary N) is 2. The van der Waals surface area contributed by atoms with E-state index in [1.165, 1.54) is 12.3 Å².